The number of cyclic esters (lactones) is 1. The summed E-state index contributed by atoms with van der Waals surface area (Å²) in [5.41, 5.74) is -4.38. The molecule has 0 unspecified atom stereocenters. The molecule has 0 spiro atoms. The summed E-state index contributed by atoms with van der Waals surface area (Å²) < 4.78 is 37.4. The molecule has 3 heterocycles. The van der Waals surface area contributed by atoms with Crippen LogP contribution in [0.3, 0.4) is 0 Å². The molecule has 15 nitrogen and oxygen atoms in total. The van der Waals surface area contributed by atoms with Gasteiger partial charge in [-0.15, -0.1) is 0 Å². The van der Waals surface area contributed by atoms with Gasteiger partial charge in [-0.2, -0.15) is 0 Å². The number of aliphatic carboxylic acids is 1. The lowest BCUT2D eigenvalue weighted by Gasteiger charge is -2.48. The van der Waals surface area contributed by atoms with E-state index in [1.807, 2.05) is 51.7 Å². The Morgan fingerprint density at radius 3 is 2.16 bits per heavy atom. The number of aliphatic hydroxyl groups excluding tert-OH is 2. The van der Waals surface area contributed by atoms with Crippen LogP contribution in [0.5, 0.6) is 0 Å². The maximum atomic E-state index is 14.2. The van der Waals surface area contributed by atoms with Crippen molar-refractivity contribution in [3.05, 3.63) is 0 Å². The largest absolute Gasteiger partial charge is 0.481 e. The number of likely N-dealkylation sites (N-methyl/N-ethyl adjacent to an activating group) is 1. The van der Waals surface area contributed by atoms with Crippen LogP contribution in [0.15, 0.2) is 0 Å². The summed E-state index contributed by atoms with van der Waals surface area (Å²) in [6.07, 6.45) is -6.11. The summed E-state index contributed by atoms with van der Waals surface area (Å²) in [5.74, 6) is -5.57. The molecule has 18 atom stereocenters. The molecule has 0 amide bonds. The van der Waals surface area contributed by atoms with Gasteiger partial charge in [0, 0.05) is 44.0 Å². The molecule has 0 bridgehead atoms. The minimum absolute atomic E-state index is 0.111. The quantitative estimate of drug-likeness (QED) is 0.214. The standard InChI is InChI=1S/C40H74N2O13/c1-15-27(35(45)46)30-25(6)42(13)19-21(2)17-38(8,48)34(55-37-31(43)28(41(11)12)16-22(3)52-37)23(4)32(24(5)36(47)51-20-39(30,9)49)54-29-18-40(10,50-14)33(44)26(7)53-29/h21-34,37,43-44,48-49H,15-20H2,1-14H3,(H,45,46)/t21-,22-,23+,24-,25-,26+,27-,28+,29+,30+,31-,32+,33+,34-,37+,38-,39+,40-/m1/s1. The number of carboxylic acids is 1. The topological polar surface area (TPSA) is 197 Å². The molecule has 0 saturated carbocycles. The van der Waals surface area contributed by atoms with Gasteiger partial charge in [0.25, 0.3) is 0 Å². The van der Waals surface area contributed by atoms with Crippen molar-refractivity contribution in [2.24, 2.45) is 29.6 Å². The molecular weight excluding hydrogens is 716 g/mol. The van der Waals surface area contributed by atoms with Crippen LogP contribution in [0.1, 0.15) is 94.9 Å². The fourth-order valence-corrected chi connectivity index (χ4v) is 9.54. The van der Waals surface area contributed by atoms with Gasteiger partial charge in [0.05, 0.1) is 47.5 Å². The number of hydrogen-bond acceptors (Lipinski definition) is 14. The number of carbonyl (C=O) groups excluding carboxylic acids is 1. The number of carbonyl (C=O) groups is 2. The van der Waals surface area contributed by atoms with Crippen LogP contribution in [0.25, 0.3) is 0 Å². The van der Waals surface area contributed by atoms with Crippen LogP contribution in [0, 0.1) is 29.6 Å². The lowest BCUT2D eigenvalue weighted by Crippen LogP contribution is -2.60. The summed E-state index contributed by atoms with van der Waals surface area (Å²) in [4.78, 5) is 30.6. The highest BCUT2D eigenvalue weighted by Crippen LogP contribution is 2.41. The van der Waals surface area contributed by atoms with E-state index in [0.29, 0.717) is 13.0 Å². The Kier molecular flexibility index (Phi) is 16.6. The normalized spacial score (nSPS) is 46.7. The highest BCUT2D eigenvalue weighted by atomic mass is 16.7. The van der Waals surface area contributed by atoms with Crippen LogP contribution in [0.2, 0.25) is 0 Å². The molecule has 322 valence electrons. The fraction of sp³-hybridized carbons (Fsp3) is 0.950. The van der Waals surface area contributed by atoms with E-state index in [1.165, 1.54) is 14.0 Å². The van der Waals surface area contributed by atoms with Crippen LogP contribution in [0.4, 0.5) is 0 Å². The van der Waals surface area contributed by atoms with Gasteiger partial charge in [0.2, 0.25) is 0 Å². The van der Waals surface area contributed by atoms with E-state index >= 15 is 0 Å². The van der Waals surface area contributed by atoms with Crippen LogP contribution in [-0.4, -0.2) is 167 Å². The van der Waals surface area contributed by atoms with Crippen molar-refractivity contribution in [3.63, 3.8) is 0 Å². The number of carboxylic acid groups (broad SMARTS) is 1. The Labute approximate surface area is 328 Å². The number of aliphatic hydroxyl groups is 4. The highest BCUT2D eigenvalue weighted by molar-refractivity contribution is 5.73. The number of methoxy groups -OCH3 is 1. The summed E-state index contributed by atoms with van der Waals surface area (Å²) in [6.45, 7) is 17.5. The number of esters is 1. The van der Waals surface area contributed by atoms with E-state index in [-0.39, 0.29) is 37.3 Å². The predicted octanol–water partition coefficient (Wildman–Crippen LogP) is 2.49. The molecule has 0 aromatic rings. The van der Waals surface area contributed by atoms with Gasteiger partial charge in [-0.25, -0.2) is 0 Å². The van der Waals surface area contributed by atoms with Crippen molar-refractivity contribution in [2.45, 2.75) is 173 Å². The molecule has 0 aromatic heterocycles. The van der Waals surface area contributed by atoms with Crippen LogP contribution >= 0.6 is 0 Å². The van der Waals surface area contributed by atoms with Gasteiger partial charge in [-0.1, -0.05) is 20.8 Å². The second-order valence-electron chi connectivity index (χ2n) is 18.0. The Hall–Kier alpha value is -1.50. The van der Waals surface area contributed by atoms with E-state index in [4.69, 9.17) is 28.4 Å². The third-order valence-electron chi connectivity index (χ3n) is 12.8. The second kappa shape index (κ2) is 19.0. The molecule has 3 aliphatic rings. The molecule has 0 aromatic carbocycles. The van der Waals surface area contributed by atoms with E-state index in [1.54, 1.807) is 41.5 Å². The Morgan fingerprint density at radius 2 is 1.62 bits per heavy atom. The van der Waals surface area contributed by atoms with Gasteiger partial charge in [0.1, 0.15) is 24.4 Å². The lowest BCUT2D eigenvalue weighted by atomic mass is 9.73. The Morgan fingerprint density at radius 1 is 1.00 bits per heavy atom. The first kappa shape index (κ1) is 47.9. The van der Waals surface area contributed by atoms with Gasteiger partial charge < -0.3 is 63.8 Å². The zero-order valence-corrected chi connectivity index (χ0v) is 35.8. The van der Waals surface area contributed by atoms with Crippen molar-refractivity contribution in [1.82, 2.24) is 9.80 Å². The SMILES string of the molecule is CC[C@@H](C(=O)O)[C@@H]1[C@@H](C)N(C)C[C@H](C)C[C@@](C)(O)[C@H](O[C@@H]2O[C@H](C)C[C@H](N(C)C)[C@H]2O)[C@@H](C)[C@H](O[C@H]2C[C@@](C)(OC)[C@@H](O)[C@H](C)O2)[C@@H](C)C(=O)OC[C@]1(C)O. The molecule has 0 radical (unpaired) electrons. The van der Waals surface area contributed by atoms with Crippen molar-refractivity contribution in [3.8, 4) is 0 Å². The molecule has 55 heavy (non-hydrogen) atoms. The third-order valence-corrected chi connectivity index (χ3v) is 12.8. The average Bonchev–Trinajstić information content (AvgIpc) is 3.08. The summed E-state index contributed by atoms with van der Waals surface area (Å²) >= 11 is 0. The average molecular weight is 791 g/mol. The molecule has 3 fully saturated rings. The summed E-state index contributed by atoms with van der Waals surface area (Å²) in [6, 6.07) is -0.766. The second-order valence-corrected chi connectivity index (χ2v) is 18.0. The van der Waals surface area contributed by atoms with E-state index in [9.17, 15) is 35.1 Å². The van der Waals surface area contributed by atoms with E-state index < -0.39 is 108 Å². The van der Waals surface area contributed by atoms with Gasteiger partial charge >= 0.3 is 11.9 Å². The number of ether oxygens (including phenoxy) is 6. The van der Waals surface area contributed by atoms with Crippen molar-refractivity contribution in [2.75, 3.05) is 41.4 Å². The zero-order valence-electron chi connectivity index (χ0n) is 35.8. The van der Waals surface area contributed by atoms with E-state index in [2.05, 4.69) is 0 Å². The van der Waals surface area contributed by atoms with Crippen molar-refractivity contribution in [1.29, 1.82) is 0 Å². The van der Waals surface area contributed by atoms with Gasteiger partial charge in [0.15, 0.2) is 12.6 Å². The number of nitrogens with zero attached hydrogens (tertiary/aromatic N) is 2. The molecule has 15 heteroatoms. The highest BCUT2D eigenvalue weighted by Gasteiger charge is 2.52. The first-order valence-electron chi connectivity index (χ1n) is 20.1. The predicted molar refractivity (Wildman–Crippen MR) is 204 cm³/mol. The lowest BCUT2D eigenvalue weighted by molar-refractivity contribution is -0.317. The molecule has 3 saturated heterocycles. The first-order chi connectivity index (χ1) is 25.3. The van der Waals surface area contributed by atoms with Gasteiger partial charge in [-0.05, 0) is 94.8 Å². The maximum Gasteiger partial charge on any atom is 0.311 e. The fourth-order valence-electron chi connectivity index (χ4n) is 9.54. The van der Waals surface area contributed by atoms with Crippen LogP contribution < -0.4 is 0 Å². The third kappa shape index (κ3) is 11.2. The molecular formula is C40H74N2O13. The Balaban J connectivity index is 2.18. The van der Waals surface area contributed by atoms with Crippen LogP contribution in [-0.2, 0) is 38.0 Å². The van der Waals surface area contributed by atoms with Crippen molar-refractivity contribution < 1.29 is 63.5 Å². The van der Waals surface area contributed by atoms with Crippen molar-refractivity contribution >= 4 is 11.9 Å². The number of rotatable bonds is 9. The minimum Gasteiger partial charge on any atom is -0.481 e. The smallest absolute Gasteiger partial charge is 0.311 e. The molecule has 5 N–H and O–H groups in total. The molecule has 0 aliphatic carbocycles. The zero-order chi connectivity index (χ0) is 42.0. The summed E-state index contributed by atoms with van der Waals surface area (Å²) in [7, 11) is 7.10. The van der Waals surface area contributed by atoms with Gasteiger partial charge in [-0.3, -0.25) is 9.59 Å². The summed E-state index contributed by atoms with van der Waals surface area (Å²) in [5, 5.41) is 57.3. The number of hydrogen-bond donors (Lipinski definition) is 5. The monoisotopic (exact) mass is 791 g/mol. The molecule has 3 rings (SSSR count). The Bertz CT molecular complexity index is 1250. The maximum absolute atomic E-state index is 14.2. The minimum atomic E-state index is -1.74. The first-order valence-corrected chi connectivity index (χ1v) is 20.1. The molecule has 3 aliphatic heterocycles. The van der Waals surface area contributed by atoms with E-state index in [0.717, 1.165) is 0 Å².